The maximum Gasteiger partial charge on any atom is 0.289 e. The molecule has 0 N–H and O–H groups in total. The van der Waals surface area contributed by atoms with Gasteiger partial charge in [0.15, 0.2) is 0 Å². The molecule has 0 saturated carbocycles. The van der Waals surface area contributed by atoms with E-state index in [1.54, 1.807) is 6.07 Å². The predicted molar refractivity (Wildman–Crippen MR) is 68.4 cm³/mol. The number of hydrogen-bond acceptors (Lipinski definition) is 4. The average molecular weight is 243 g/mol. The topological polar surface area (TPSA) is 70.2 Å². The molecule has 0 aliphatic carbocycles. The van der Waals surface area contributed by atoms with E-state index < -0.39 is 4.92 Å². The third-order valence-electron chi connectivity index (χ3n) is 3.10. The molecule has 5 heteroatoms. The van der Waals surface area contributed by atoms with Gasteiger partial charge < -0.3 is 4.90 Å². The van der Waals surface area contributed by atoms with Crippen LogP contribution in [0.2, 0.25) is 0 Å². The minimum absolute atomic E-state index is 0.104. The fraction of sp³-hybridized carbons (Fsp3) is 0.308. The molecule has 0 atom stereocenters. The van der Waals surface area contributed by atoms with Crippen LogP contribution in [0, 0.1) is 21.4 Å². The molecular formula is C13H13N3O2. The zero-order valence-corrected chi connectivity index (χ0v) is 10.1. The van der Waals surface area contributed by atoms with Crippen molar-refractivity contribution in [1.29, 1.82) is 5.26 Å². The Balaban J connectivity index is 2.33. The van der Waals surface area contributed by atoms with Crippen molar-refractivity contribution in [2.45, 2.75) is 13.3 Å². The number of nitro groups is 1. The van der Waals surface area contributed by atoms with Gasteiger partial charge in [-0.15, -0.1) is 0 Å². The summed E-state index contributed by atoms with van der Waals surface area (Å²) in [6, 6.07) is 6.60. The molecule has 5 nitrogen and oxygen atoms in total. The van der Waals surface area contributed by atoms with Crippen LogP contribution in [0.3, 0.4) is 0 Å². The smallest absolute Gasteiger partial charge is 0.289 e. The highest BCUT2D eigenvalue weighted by molar-refractivity contribution is 5.60. The molecule has 1 aliphatic heterocycles. The molecule has 0 saturated heterocycles. The Bertz CT molecular complexity index is 558. The summed E-state index contributed by atoms with van der Waals surface area (Å²) in [7, 11) is 0. The van der Waals surface area contributed by atoms with Crippen molar-refractivity contribution in [2.75, 3.05) is 18.0 Å². The largest absolute Gasteiger partial charge is 0.367 e. The predicted octanol–water partition coefficient (Wildman–Crippen LogP) is 2.62. The Kier molecular flexibility index (Phi) is 3.28. The van der Waals surface area contributed by atoms with Crippen LogP contribution in [0.15, 0.2) is 29.8 Å². The summed E-state index contributed by atoms with van der Waals surface area (Å²) in [5.74, 6) is 0. The van der Waals surface area contributed by atoms with Crippen LogP contribution in [0.4, 0.5) is 11.4 Å². The summed E-state index contributed by atoms with van der Waals surface area (Å²) < 4.78 is 0. The fourth-order valence-corrected chi connectivity index (χ4v) is 1.97. The molecule has 0 unspecified atom stereocenters. The maximum absolute atomic E-state index is 10.9. The van der Waals surface area contributed by atoms with Crippen LogP contribution < -0.4 is 4.90 Å². The molecule has 0 spiro atoms. The first-order valence-electron chi connectivity index (χ1n) is 5.71. The van der Waals surface area contributed by atoms with Gasteiger partial charge in [0.25, 0.3) is 5.69 Å². The van der Waals surface area contributed by atoms with Crippen molar-refractivity contribution in [3.8, 4) is 6.07 Å². The summed E-state index contributed by atoms with van der Waals surface area (Å²) in [6.07, 6.45) is 3.08. The van der Waals surface area contributed by atoms with Crippen LogP contribution in [-0.2, 0) is 0 Å². The molecule has 18 heavy (non-hydrogen) atoms. The van der Waals surface area contributed by atoms with Crippen molar-refractivity contribution >= 4 is 11.4 Å². The number of nitro benzene ring substituents is 1. The highest BCUT2D eigenvalue weighted by Crippen LogP contribution is 2.26. The van der Waals surface area contributed by atoms with Crippen molar-refractivity contribution in [2.24, 2.45) is 0 Å². The second-order valence-corrected chi connectivity index (χ2v) is 4.32. The molecule has 0 amide bonds. The zero-order valence-electron chi connectivity index (χ0n) is 10.1. The zero-order chi connectivity index (χ0) is 13.1. The van der Waals surface area contributed by atoms with Crippen LogP contribution in [-0.4, -0.2) is 18.0 Å². The van der Waals surface area contributed by atoms with Crippen LogP contribution in [0.5, 0.6) is 0 Å². The molecular weight excluding hydrogens is 230 g/mol. The number of nitrogens with zero attached hydrogens (tertiary/aromatic N) is 3. The van der Waals surface area contributed by atoms with Gasteiger partial charge in [0.1, 0.15) is 11.6 Å². The van der Waals surface area contributed by atoms with Crippen molar-refractivity contribution in [1.82, 2.24) is 0 Å². The molecule has 1 heterocycles. The number of nitriles is 1. The second-order valence-electron chi connectivity index (χ2n) is 4.32. The minimum atomic E-state index is -0.507. The molecule has 1 aromatic carbocycles. The van der Waals surface area contributed by atoms with Gasteiger partial charge in [-0.25, -0.2) is 0 Å². The lowest BCUT2D eigenvalue weighted by atomic mass is 10.1. The summed E-state index contributed by atoms with van der Waals surface area (Å²) >= 11 is 0. The molecule has 1 aliphatic rings. The van der Waals surface area contributed by atoms with Gasteiger partial charge in [-0.05, 0) is 25.5 Å². The van der Waals surface area contributed by atoms with Crippen LogP contribution in [0.1, 0.15) is 18.9 Å². The van der Waals surface area contributed by atoms with E-state index in [1.165, 1.54) is 17.7 Å². The molecule has 1 aromatic rings. The van der Waals surface area contributed by atoms with Gasteiger partial charge in [-0.1, -0.05) is 11.6 Å². The average Bonchev–Trinajstić information content (AvgIpc) is 2.39. The van der Waals surface area contributed by atoms with E-state index in [-0.39, 0.29) is 11.3 Å². The first-order valence-corrected chi connectivity index (χ1v) is 5.71. The molecule has 0 fully saturated rings. The van der Waals surface area contributed by atoms with E-state index >= 15 is 0 Å². The van der Waals surface area contributed by atoms with Gasteiger partial charge in [-0.3, -0.25) is 10.1 Å². The number of anilines is 1. The van der Waals surface area contributed by atoms with Crippen molar-refractivity contribution in [3.63, 3.8) is 0 Å². The van der Waals surface area contributed by atoms with Crippen molar-refractivity contribution < 1.29 is 4.92 Å². The fourth-order valence-electron chi connectivity index (χ4n) is 1.97. The standard InChI is InChI=1S/C13H13N3O2/c1-10-4-6-15(7-5-10)12-3-2-11(9-14)13(8-12)16(17)18/h2-4,8H,5-7H2,1H3. The Morgan fingerprint density at radius 2 is 2.28 bits per heavy atom. The SMILES string of the molecule is CC1=CCN(c2ccc(C#N)c([N+](=O)[O-])c2)CC1. The van der Waals surface area contributed by atoms with E-state index in [0.29, 0.717) is 0 Å². The van der Waals surface area contributed by atoms with E-state index in [2.05, 4.69) is 17.9 Å². The Hall–Kier alpha value is -2.35. The molecule has 0 radical (unpaired) electrons. The second kappa shape index (κ2) is 4.88. The number of rotatable bonds is 2. The summed E-state index contributed by atoms with van der Waals surface area (Å²) in [5, 5.41) is 19.7. The summed E-state index contributed by atoms with van der Waals surface area (Å²) in [4.78, 5) is 12.5. The highest BCUT2D eigenvalue weighted by atomic mass is 16.6. The van der Waals surface area contributed by atoms with Gasteiger partial charge >= 0.3 is 0 Å². The monoisotopic (exact) mass is 243 g/mol. The summed E-state index contributed by atoms with van der Waals surface area (Å²) in [5.41, 5.74) is 2.12. The van der Waals surface area contributed by atoms with Gasteiger partial charge in [-0.2, -0.15) is 5.26 Å². The van der Waals surface area contributed by atoms with Crippen LogP contribution in [0.25, 0.3) is 0 Å². The Labute approximate surface area is 105 Å². The normalized spacial score (nSPS) is 14.9. The lowest BCUT2D eigenvalue weighted by molar-refractivity contribution is -0.385. The first-order chi connectivity index (χ1) is 8.61. The Morgan fingerprint density at radius 1 is 1.50 bits per heavy atom. The highest BCUT2D eigenvalue weighted by Gasteiger charge is 2.17. The molecule has 0 aromatic heterocycles. The number of hydrogen-bond donors (Lipinski definition) is 0. The quantitative estimate of drug-likeness (QED) is 0.455. The lowest BCUT2D eigenvalue weighted by Crippen LogP contribution is -2.28. The van der Waals surface area contributed by atoms with E-state index in [1.807, 2.05) is 6.07 Å². The van der Waals surface area contributed by atoms with E-state index in [9.17, 15) is 10.1 Å². The molecule has 0 bridgehead atoms. The minimum Gasteiger partial charge on any atom is -0.367 e. The van der Waals surface area contributed by atoms with Gasteiger partial charge in [0, 0.05) is 24.8 Å². The lowest BCUT2D eigenvalue weighted by Gasteiger charge is -2.27. The summed E-state index contributed by atoms with van der Waals surface area (Å²) in [6.45, 7) is 3.69. The molecule has 92 valence electrons. The third-order valence-corrected chi connectivity index (χ3v) is 3.10. The van der Waals surface area contributed by atoms with Gasteiger partial charge in [0.05, 0.1) is 4.92 Å². The maximum atomic E-state index is 10.9. The van der Waals surface area contributed by atoms with Crippen molar-refractivity contribution in [3.05, 3.63) is 45.5 Å². The van der Waals surface area contributed by atoms with E-state index in [4.69, 9.17) is 5.26 Å². The Morgan fingerprint density at radius 3 is 2.83 bits per heavy atom. The number of benzene rings is 1. The third kappa shape index (κ3) is 2.33. The van der Waals surface area contributed by atoms with E-state index in [0.717, 1.165) is 25.2 Å². The van der Waals surface area contributed by atoms with Gasteiger partial charge in [0.2, 0.25) is 0 Å². The van der Waals surface area contributed by atoms with Crippen LogP contribution >= 0.6 is 0 Å². The first kappa shape index (κ1) is 12.1. The molecule has 2 rings (SSSR count).